The molecule has 0 radical (unpaired) electrons. The van der Waals surface area contributed by atoms with Gasteiger partial charge in [0.05, 0.1) is 19.1 Å². The van der Waals surface area contributed by atoms with Crippen molar-refractivity contribution in [2.75, 3.05) is 23.4 Å². The molecule has 0 spiro atoms. The molecule has 2 N–H and O–H groups in total. The molecule has 0 bridgehead atoms. The number of rotatable bonds is 6. The van der Waals surface area contributed by atoms with Crippen LogP contribution in [0.15, 0.2) is 48.5 Å². The molecule has 0 aliphatic carbocycles. The molecular weight excluding hydrogens is 398 g/mol. The van der Waals surface area contributed by atoms with Gasteiger partial charge < -0.3 is 10.1 Å². The minimum Gasteiger partial charge on any atom is -0.497 e. The molecule has 146 valence electrons. The number of anilines is 2. The molecule has 28 heavy (non-hydrogen) atoms. The number of amides is 1. The van der Waals surface area contributed by atoms with Crippen molar-refractivity contribution in [2.24, 2.45) is 0 Å². The van der Waals surface area contributed by atoms with E-state index in [9.17, 15) is 13.2 Å². The van der Waals surface area contributed by atoms with E-state index in [4.69, 9.17) is 4.74 Å². The Balaban J connectivity index is 1.74. The van der Waals surface area contributed by atoms with Crippen molar-refractivity contribution in [1.29, 1.82) is 0 Å². The van der Waals surface area contributed by atoms with Gasteiger partial charge in [-0.3, -0.25) is 9.52 Å². The van der Waals surface area contributed by atoms with Crippen molar-refractivity contribution in [3.8, 4) is 16.9 Å². The van der Waals surface area contributed by atoms with Gasteiger partial charge in [-0.05, 0) is 42.3 Å². The quantitative estimate of drug-likeness (QED) is 0.637. The van der Waals surface area contributed by atoms with Crippen LogP contribution in [0.1, 0.15) is 15.4 Å². The third-order valence-electron chi connectivity index (χ3n) is 3.82. The summed E-state index contributed by atoms with van der Waals surface area (Å²) in [6.45, 7) is 1.66. The number of hydrogen-bond acceptors (Lipinski definition) is 6. The molecule has 7 nitrogen and oxygen atoms in total. The lowest BCUT2D eigenvalue weighted by Crippen LogP contribution is -2.11. The Morgan fingerprint density at radius 1 is 1.11 bits per heavy atom. The first kappa shape index (κ1) is 19.8. The maximum absolute atomic E-state index is 12.5. The van der Waals surface area contributed by atoms with E-state index in [2.05, 4.69) is 15.0 Å². The summed E-state index contributed by atoms with van der Waals surface area (Å²) in [6, 6.07) is 15.1. The average molecular weight is 418 g/mol. The first-order valence-electron chi connectivity index (χ1n) is 8.26. The monoisotopic (exact) mass is 417 g/mol. The second-order valence-electron chi connectivity index (χ2n) is 6.07. The van der Waals surface area contributed by atoms with E-state index in [1.54, 1.807) is 26.2 Å². The molecule has 0 aliphatic heterocycles. The molecule has 1 aromatic heterocycles. The predicted molar refractivity (Wildman–Crippen MR) is 112 cm³/mol. The fourth-order valence-corrected chi connectivity index (χ4v) is 4.24. The van der Waals surface area contributed by atoms with Crippen LogP contribution in [0.3, 0.4) is 0 Å². The van der Waals surface area contributed by atoms with Crippen LogP contribution in [0, 0.1) is 6.92 Å². The summed E-state index contributed by atoms with van der Waals surface area (Å²) in [5.41, 5.74) is 3.08. The summed E-state index contributed by atoms with van der Waals surface area (Å²) in [5, 5.41) is 2.97. The Morgan fingerprint density at radius 2 is 1.82 bits per heavy atom. The van der Waals surface area contributed by atoms with E-state index in [-0.39, 0.29) is 11.0 Å². The van der Waals surface area contributed by atoms with Crippen LogP contribution in [0.5, 0.6) is 5.75 Å². The van der Waals surface area contributed by atoms with Gasteiger partial charge in [0, 0.05) is 5.69 Å². The fraction of sp³-hybridized carbons (Fsp3) is 0.158. The number of ether oxygens (including phenoxy) is 1. The standard InChI is InChI=1S/C19H19N3O4S2/c1-12-17(27-19(20-12)22-28(3,24)25)18(23)21-15-9-7-13(8-10-15)14-5-4-6-16(11-14)26-2/h4-11H,1-3H3,(H,20,22)(H,21,23). The number of thiazole rings is 1. The maximum atomic E-state index is 12.5. The first-order valence-corrected chi connectivity index (χ1v) is 11.0. The van der Waals surface area contributed by atoms with Gasteiger partial charge in [-0.15, -0.1) is 0 Å². The second-order valence-corrected chi connectivity index (χ2v) is 8.82. The minimum absolute atomic E-state index is 0.165. The lowest BCUT2D eigenvalue weighted by atomic mass is 10.1. The summed E-state index contributed by atoms with van der Waals surface area (Å²) in [4.78, 5) is 17.0. The SMILES string of the molecule is COc1cccc(-c2ccc(NC(=O)c3sc(NS(C)(=O)=O)nc3C)cc2)c1. The van der Waals surface area contributed by atoms with Crippen molar-refractivity contribution in [3.05, 3.63) is 59.1 Å². The number of aryl methyl sites for hydroxylation is 1. The minimum atomic E-state index is -3.44. The molecular formula is C19H19N3O4S2. The van der Waals surface area contributed by atoms with E-state index in [0.717, 1.165) is 34.5 Å². The number of sulfonamides is 1. The normalized spacial score (nSPS) is 11.1. The lowest BCUT2D eigenvalue weighted by molar-refractivity contribution is 0.103. The first-order chi connectivity index (χ1) is 13.2. The van der Waals surface area contributed by atoms with Crippen LogP contribution < -0.4 is 14.8 Å². The van der Waals surface area contributed by atoms with E-state index in [0.29, 0.717) is 16.3 Å². The van der Waals surface area contributed by atoms with Crippen LogP contribution >= 0.6 is 11.3 Å². The molecule has 3 aromatic rings. The summed E-state index contributed by atoms with van der Waals surface area (Å²) in [7, 11) is -1.82. The molecule has 0 atom stereocenters. The second kappa shape index (κ2) is 7.99. The number of benzene rings is 2. The third kappa shape index (κ3) is 4.87. The van der Waals surface area contributed by atoms with Crippen LogP contribution in [0.4, 0.5) is 10.8 Å². The molecule has 9 heteroatoms. The molecule has 2 aromatic carbocycles. The Morgan fingerprint density at radius 3 is 2.46 bits per heavy atom. The highest BCUT2D eigenvalue weighted by atomic mass is 32.2. The van der Waals surface area contributed by atoms with Gasteiger partial charge in [0.15, 0.2) is 5.13 Å². The van der Waals surface area contributed by atoms with E-state index < -0.39 is 10.0 Å². The Labute approximate surface area is 167 Å². The van der Waals surface area contributed by atoms with E-state index >= 15 is 0 Å². The van der Waals surface area contributed by atoms with Gasteiger partial charge in [-0.1, -0.05) is 35.6 Å². The van der Waals surface area contributed by atoms with Gasteiger partial charge >= 0.3 is 0 Å². The Hall–Kier alpha value is -2.91. The number of aromatic nitrogens is 1. The van der Waals surface area contributed by atoms with Gasteiger partial charge in [0.2, 0.25) is 10.0 Å². The Bertz CT molecular complexity index is 1110. The number of carbonyl (C=O) groups excluding carboxylic acids is 1. The van der Waals surface area contributed by atoms with Crippen molar-refractivity contribution in [3.63, 3.8) is 0 Å². The number of hydrogen-bond donors (Lipinski definition) is 2. The zero-order valence-corrected chi connectivity index (χ0v) is 17.1. The van der Waals surface area contributed by atoms with Gasteiger partial charge in [0.25, 0.3) is 5.91 Å². The molecule has 0 saturated heterocycles. The van der Waals surface area contributed by atoms with Crippen LogP contribution in [-0.2, 0) is 10.0 Å². The van der Waals surface area contributed by atoms with Crippen LogP contribution in [0.2, 0.25) is 0 Å². The molecule has 0 fully saturated rings. The molecule has 1 amide bonds. The molecule has 0 saturated carbocycles. The smallest absolute Gasteiger partial charge is 0.267 e. The van der Waals surface area contributed by atoms with Crippen molar-refractivity contribution in [2.45, 2.75) is 6.92 Å². The third-order valence-corrected chi connectivity index (χ3v) is 5.59. The van der Waals surface area contributed by atoms with Crippen LogP contribution in [0.25, 0.3) is 11.1 Å². The fourth-order valence-electron chi connectivity index (χ4n) is 2.55. The highest BCUT2D eigenvalue weighted by Gasteiger charge is 2.17. The van der Waals surface area contributed by atoms with Gasteiger partial charge in [-0.25, -0.2) is 13.4 Å². The maximum Gasteiger partial charge on any atom is 0.267 e. The molecule has 1 heterocycles. The zero-order chi connectivity index (χ0) is 20.3. The topological polar surface area (TPSA) is 97.4 Å². The van der Waals surface area contributed by atoms with E-state index in [1.165, 1.54) is 0 Å². The largest absolute Gasteiger partial charge is 0.497 e. The van der Waals surface area contributed by atoms with Gasteiger partial charge in [0.1, 0.15) is 10.6 Å². The Kier molecular flexibility index (Phi) is 5.66. The number of carbonyl (C=O) groups is 1. The highest BCUT2D eigenvalue weighted by Crippen LogP contribution is 2.27. The lowest BCUT2D eigenvalue weighted by Gasteiger charge is -2.07. The molecule has 0 unspecified atom stereocenters. The number of nitrogens with zero attached hydrogens (tertiary/aromatic N) is 1. The van der Waals surface area contributed by atoms with Gasteiger partial charge in [-0.2, -0.15) is 0 Å². The van der Waals surface area contributed by atoms with Crippen molar-refractivity contribution >= 4 is 38.1 Å². The average Bonchev–Trinajstić information content (AvgIpc) is 3.00. The highest BCUT2D eigenvalue weighted by molar-refractivity contribution is 7.92. The summed E-state index contributed by atoms with van der Waals surface area (Å²) in [5.74, 6) is 0.430. The van der Waals surface area contributed by atoms with Crippen LogP contribution in [-0.4, -0.2) is 32.7 Å². The zero-order valence-electron chi connectivity index (χ0n) is 15.5. The number of methoxy groups -OCH3 is 1. The number of nitrogens with one attached hydrogen (secondary N) is 2. The molecule has 0 aliphatic rings. The van der Waals surface area contributed by atoms with Crippen molar-refractivity contribution < 1.29 is 17.9 Å². The summed E-state index contributed by atoms with van der Waals surface area (Å²) < 4.78 is 30.2. The van der Waals surface area contributed by atoms with E-state index in [1.807, 2.05) is 36.4 Å². The summed E-state index contributed by atoms with van der Waals surface area (Å²) in [6.07, 6.45) is 1.04. The molecule has 3 rings (SSSR count). The summed E-state index contributed by atoms with van der Waals surface area (Å²) >= 11 is 0.991. The van der Waals surface area contributed by atoms with Crippen molar-refractivity contribution in [1.82, 2.24) is 4.98 Å². The predicted octanol–water partition coefficient (Wildman–Crippen LogP) is 3.75.